The van der Waals surface area contributed by atoms with Crippen LogP contribution in [0.2, 0.25) is 0 Å². The molecule has 0 spiro atoms. The Bertz CT molecular complexity index is 460. The summed E-state index contributed by atoms with van der Waals surface area (Å²) in [6.07, 6.45) is 2.33. The lowest BCUT2D eigenvalue weighted by Crippen LogP contribution is -2.44. The van der Waals surface area contributed by atoms with E-state index in [0.717, 1.165) is 12.2 Å². The number of nitrogens with zero attached hydrogens (tertiary/aromatic N) is 1. The van der Waals surface area contributed by atoms with Crippen LogP contribution in [0.1, 0.15) is 19.8 Å². The monoisotopic (exact) mass is 277 g/mol. The molecule has 3 N–H and O–H groups in total. The second-order valence-electron chi connectivity index (χ2n) is 5.25. The molecule has 2 rings (SSSR count). The molecule has 1 aromatic rings. The number of nitrogen functional groups attached to an aromatic ring is 1. The molecule has 110 valence electrons. The fourth-order valence-electron chi connectivity index (χ4n) is 2.31. The smallest absolute Gasteiger partial charge is 0.241 e. The Hall–Kier alpha value is -1.59. The number of amides is 1. The van der Waals surface area contributed by atoms with Crippen molar-refractivity contribution in [3.05, 3.63) is 24.3 Å². The van der Waals surface area contributed by atoms with Gasteiger partial charge >= 0.3 is 0 Å². The zero-order valence-corrected chi connectivity index (χ0v) is 12.1. The maximum absolute atomic E-state index is 12.3. The zero-order valence-electron chi connectivity index (χ0n) is 12.1. The third kappa shape index (κ3) is 3.95. The predicted molar refractivity (Wildman–Crippen MR) is 80.6 cm³/mol. The molecule has 1 amide bonds. The van der Waals surface area contributed by atoms with Gasteiger partial charge in [0.2, 0.25) is 5.91 Å². The molecule has 1 aliphatic rings. The minimum absolute atomic E-state index is 0.00129. The average Bonchev–Trinajstić information content (AvgIpc) is 3.23. The third-order valence-corrected chi connectivity index (χ3v) is 3.60. The summed E-state index contributed by atoms with van der Waals surface area (Å²) < 4.78 is 5.12. The van der Waals surface area contributed by atoms with Crippen molar-refractivity contribution in [3.8, 4) is 0 Å². The van der Waals surface area contributed by atoms with Crippen LogP contribution in [-0.4, -0.2) is 43.2 Å². The summed E-state index contributed by atoms with van der Waals surface area (Å²) in [6.45, 7) is 3.37. The number of nitrogens with two attached hydrogens (primary N) is 1. The fourth-order valence-corrected chi connectivity index (χ4v) is 2.31. The number of rotatable bonds is 7. The van der Waals surface area contributed by atoms with E-state index in [9.17, 15) is 4.79 Å². The molecule has 5 heteroatoms. The maximum Gasteiger partial charge on any atom is 0.241 e. The summed E-state index contributed by atoms with van der Waals surface area (Å²) in [7, 11) is 1.68. The Labute approximate surface area is 120 Å². The first-order chi connectivity index (χ1) is 9.61. The number of carbonyl (C=O) groups excluding carboxylic acids is 1. The van der Waals surface area contributed by atoms with Gasteiger partial charge in [0.15, 0.2) is 0 Å². The van der Waals surface area contributed by atoms with Crippen LogP contribution in [0, 0.1) is 0 Å². The summed E-state index contributed by atoms with van der Waals surface area (Å²) in [5, 5.41) is 2.92. The molecule has 0 aliphatic heterocycles. The first kappa shape index (κ1) is 14.8. The molecule has 1 aliphatic carbocycles. The molecule has 20 heavy (non-hydrogen) atoms. The molecule has 0 heterocycles. The van der Waals surface area contributed by atoms with Gasteiger partial charge < -0.3 is 15.8 Å². The van der Waals surface area contributed by atoms with Crippen LogP contribution in [0.3, 0.4) is 0 Å². The number of hydrogen-bond donors (Lipinski definition) is 2. The largest absolute Gasteiger partial charge is 0.399 e. The quantitative estimate of drug-likeness (QED) is 0.745. The molecule has 1 aromatic carbocycles. The summed E-state index contributed by atoms with van der Waals surface area (Å²) in [6, 6.07) is 7.59. The zero-order chi connectivity index (χ0) is 14.5. The van der Waals surface area contributed by atoms with E-state index in [4.69, 9.17) is 10.5 Å². The lowest BCUT2D eigenvalue weighted by molar-refractivity contribution is -0.121. The van der Waals surface area contributed by atoms with E-state index in [2.05, 4.69) is 10.2 Å². The van der Waals surface area contributed by atoms with E-state index >= 15 is 0 Å². The first-order valence-corrected chi connectivity index (χ1v) is 7.03. The molecule has 0 saturated heterocycles. The molecule has 0 radical (unpaired) electrons. The van der Waals surface area contributed by atoms with Crippen LogP contribution in [0.25, 0.3) is 0 Å². The van der Waals surface area contributed by atoms with Gasteiger partial charge in [0.1, 0.15) is 0 Å². The number of benzene rings is 1. The van der Waals surface area contributed by atoms with E-state index in [1.165, 1.54) is 12.8 Å². The van der Waals surface area contributed by atoms with Crippen molar-refractivity contribution in [2.45, 2.75) is 31.8 Å². The predicted octanol–water partition coefficient (Wildman–Crippen LogP) is 1.71. The number of nitrogens with one attached hydrogen (secondary N) is 1. The van der Waals surface area contributed by atoms with Crippen LogP contribution < -0.4 is 11.1 Å². The molecule has 1 saturated carbocycles. The minimum atomic E-state index is -0.168. The van der Waals surface area contributed by atoms with Crippen LogP contribution in [0.15, 0.2) is 24.3 Å². The highest BCUT2D eigenvalue weighted by molar-refractivity contribution is 5.94. The van der Waals surface area contributed by atoms with E-state index in [1.807, 2.05) is 19.1 Å². The summed E-state index contributed by atoms with van der Waals surface area (Å²) in [5.41, 5.74) is 7.10. The van der Waals surface area contributed by atoms with Crippen molar-refractivity contribution >= 4 is 17.3 Å². The lowest BCUT2D eigenvalue weighted by Gasteiger charge is -2.27. The number of ether oxygens (including phenoxy) is 1. The van der Waals surface area contributed by atoms with Crippen molar-refractivity contribution in [1.82, 2.24) is 4.90 Å². The van der Waals surface area contributed by atoms with Crippen molar-refractivity contribution in [2.75, 3.05) is 31.3 Å². The maximum atomic E-state index is 12.3. The SMILES string of the molecule is COCCN(C1CC1)C(C)C(=O)Nc1cccc(N)c1. The van der Waals surface area contributed by atoms with Crippen LogP contribution in [0.5, 0.6) is 0 Å². The van der Waals surface area contributed by atoms with Gasteiger partial charge in [-0.2, -0.15) is 0 Å². The summed E-state index contributed by atoms with van der Waals surface area (Å²) in [5.74, 6) is -0.00129. The first-order valence-electron chi connectivity index (χ1n) is 7.03. The van der Waals surface area contributed by atoms with Crippen molar-refractivity contribution in [2.24, 2.45) is 0 Å². The Kier molecular flexibility index (Phi) is 4.98. The van der Waals surface area contributed by atoms with E-state index in [1.54, 1.807) is 19.2 Å². The standard InChI is InChI=1S/C15H23N3O2/c1-11(18(8-9-20-2)14-6-7-14)15(19)17-13-5-3-4-12(16)10-13/h3-5,10-11,14H,6-9,16H2,1-2H3,(H,17,19). The topological polar surface area (TPSA) is 67.6 Å². The fraction of sp³-hybridized carbons (Fsp3) is 0.533. The Morgan fingerprint density at radius 1 is 1.55 bits per heavy atom. The molecular weight excluding hydrogens is 254 g/mol. The van der Waals surface area contributed by atoms with Gasteiger partial charge in [0.25, 0.3) is 0 Å². The van der Waals surface area contributed by atoms with Crippen molar-refractivity contribution in [3.63, 3.8) is 0 Å². The number of hydrogen-bond acceptors (Lipinski definition) is 4. The van der Waals surface area contributed by atoms with Crippen molar-refractivity contribution in [1.29, 1.82) is 0 Å². The Morgan fingerprint density at radius 3 is 2.90 bits per heavy atom. The highest BCUT2D eigenvalue weighted by atomic mass is 16.5. The number of carbonyl (C=O) groups is 1. The molecule has 5 nitrogen and oxygen atoms in total. The summed E-state index contributed by atoms with van der Waals surface area (Å²) >= 11 is 0. The molecule has 1 atom stereocenters. The van der Waals surface area contributed by atoms with Gasteiger partial charge in [0.05, 0.1) is 12.6 Å². The van der Waals surface area contributed by atoms with Gasteiger partial charge in [-0.05, 0) is 38.0 Å². The third-order valence-electron chi connectivity index (χ3n) is 3.60. The van der Waals surface area contributed by atoms with Gasteiger partial charge in [-0.25, -0.2) is 0 Å². The average molecular weight is 277 g/mol. The van der Waals surface area contributed by atoms with Crippen LogP contribution >= 0.6 is 0 Å². The van der Waals surface area contributed by atoms with Gasteiger partial charge in [-0.3, -0.25) is 9.69 Å². The normalized spacial score (nSPS) is 16.1. The molecule has 1 unspecified atom stereocenters. The Balaban J connectivity index is 1.95. The highest BCUT2D eigenvalue weighted by Crippen LogP contribution is 2.28. The van der Waals surface area contributed by atoms with Crippen LogP contribution in [-0.2, 0) is 9.53 Å². The second kappa shape index (κ2) is 6.72. The van der Waals surface area contributed by atoms with Crippen LogP contribution in [0.4, 0.5) is 11.4 Å². The molecule has 0 aromatic heterocycles. The van der Waals surface area contributed by atoms with Gasteiger partial charge in [-0.15, -0.1) is 0 Å². The van der Waals surface area contributed by atoms with Gasteiger partial charge in [0, 0.05) is 31.1 Å². The van der Waals surface area contributed by atoms with E-state index in [-0.39, 0.29) is 11.9 Å². The Morgan fingerprint density at radius 2 is 2.30 bits per heavy atom. The lowest BCUT2D eigenvalue weighted by atomic mass is 10.2. The number of methoxy groups -OCH3 is 1. The molecular formula is C15H23N3O2. The highest BCUT2D eigenvalue weighted by Gasteiger charge is 2.34. The minimum Gasteiger partial charge on any atom is -0.399 e. The molecule has 1 fully saturated rings. The van der Waals surface area contributed by atoms with E-state index in [0.29, 0.717) is 18.3 Å². The van der Waals surface area contributed by atoms with Crippen molar-refractivity contribution < 1.29 is 9.53 Å². The van der Waals surface area contributed by atoms with E-state index < -0.39 is 0 Å². The second-order valence-corrected chi connectivity index (χ2v) is 5.25. The number of anilines is 2. The summed E-state index contributed by atoms with van der Waals surface area (Å²) in [4.78, 5) is 14.5. The van der Waals surface area contributed by atoms with Gasteiger partial charge in [-0.1, -0.05) is 6.07 Å². The molecule has 0 bridgehead atoms.